The summed E-state index contributed by atoms with van der Waals surface area (Å²) in [7, 11) is 2.93. The molecule has 2 heterocycles. The van der Waals surface area contributed by atoms with Gasteiger partial charge in [-0.3, -0.25) is 9.59 Å². The van der Waals surface area contributed by atoms with Crippen molar-refractivity contribution < 1.29 is 29.3 Å². The lowest BCUT2D eigenvalue weighted by Gasteiger charge is -2.26. The Morgan fingerprint density at radius 3 is 2.63 bits per heavy atom. The molecule has 2 N–H and O–H groups in total. The summed E-state index contributed by atoms with van der Waals surface area (Å²) in [4.78, 5) is 27.4. The summed E-state index contributed by atoms with van der Waals surface area (Å²) in [6.45, 7) is 0.413. The molecule has 1 aromatic carbocycles. The van der Waals surface area contributed by atoms with Crippen molar-refractivity contribution in [1.29, 1.82) is 0 Å². The summed E-state index contributed by atoms with van der Waals surface area (Å²) in [6, 6.07) is 7.15. The summed E-state index contributed by atoms with van der Waals surface area (Å²) >= 11 is 1.23. The molecule has 0 fully saturated rings. The number of carbonyl (C=O) groups is 2. The van der Waals surface area contributed by atoms with Gasteiger partial charge in [0.15, 0.2) is 17.3 Å². The van der Waals surface area contributed by atoms with Gasteiger partial charge in [0, 0.05) is 13.7 Å². The molecule has 1 aliphatic rings. The number of aliphatic hydroxyl groups excluding tert-OH is 1. The Morgan fingerprint density at radius 1 is 1.26 bits per heavy atom. The Morgan fingerprint density at radius 2 is 2.04 bits per heavy atom. The molecule has 7 nitrogen and oxygen atoms in total. The van der Waals surface area contributed by atoms with Crippen LogP contribution in [0, 0.1) is 0 Å². The maximum Gasteiger partial charge on any atom is 0.290 e. The zero-order chi connectivity index (χ0) is 19.6. The van der Waals surface area contributed by atoms with E-state index in [-0.39, 0.29) is 30.2 Å². The van der Waals surface area contributed by atoms with Gasteiger partial charge in [0.2, 0.25) is 5.78 Å². The number of ether oxygens (including phenoxy) is 2. The fraction of sp³-hybridized carbons (Fsp3) is 0.263. The molecule has 0 spiro atoms. The first-order chi connectivity index (χ1) is 13.0. The van der Waals surface area contributed by atoms with Crippen LogP contribution in [0.2, 0.25) is 0 Å². The van der Waals surface area contributed by atoms with Crippen LogP contribution >= 0.6 is 11.3 Å². The van der Waals surface area contributed by atoms with E-state index in [1.54, 1.807) is 29.6 Å². The predicted molar refractivity (Wildman–Crippen MR) is 99.3 cm³/mol. The van der Waals surface area contributed by atoms with Gasteiger partial charge >= 0.3 is 0 Å². The molecule has 1 unspecified atom stereocenters. The number of aromatic hydroxyl groups is 1. The summed E-state index contributed by atoms with van der Waals surface area (Å²) < 4.78 is 10.1. The minimum Gasteiger partial charge on any atom is -0.504 e. The predicted octanol–water partition coefficient (Wildman–Crippen LogP) is 2.69. The topological polar surface area (TPSA) is 96.3 Å². The number of thiophene rings is 1. The van der Waals surface area contributed by atoms with Crippen LogP contribution in [0.4, 0.5) is 0 Å². The van der Waals surface area contributed by atoms with Gasteiger partial charge in [-0.1, -0.05) is 12.1 Å². The molecule has 3 rings (SSSR count). The highest BCUT2D eigenvalue weighted by molar-refractivity contribution is 7.12. The second-order valence-corrected chi connectivity index (χ2v) is 6.84. The Kier molecular flexibility index (Phi) is 5.48. The minimum atomic E-state index is -0.834. The maximum absolute atomic E-state index is 13.0. The summed E-state index contributed by atoms with van der Waals surface area (Å²) in [6.07, 6.45) is 0. The Labute approximate surface area is 160 Å². The molecule has 27 heavy (non-hydrogen) atoms. The summed E-state index contributed by atoms with van der Waals surface area (Å²) in [5.74, 6) is -1.50. The van der Waals surface area contributed by atoms with Crippen molar-refractivity contribution >= 4 is 23.0 Å². The Hall–Kier alpha value is -2.84. The van der Waals surface area contributed by atoms with Crippen LogP contribution < -0.4 is 4.74 Å². The Bertz CT molecular complexity index is 890. The maximum atomic E-state index is 13.0. The molecule has 0 bridgehead atoms. The van der Waals surface area contributed by atoms with Crippen LogP contribution in [0.5, 0.6) is 11.5 Å². The number of benzene rings is 1. The number of phenolic OH excluding ortho intramolecular Hbond substituents is 1. The molecular formula is C19H19NO6S. The lowest BCUT2D eigenvalue weighted by Crippen LogP contribution is -2.33. The molecule has 1 atom stereocenters. The van der Waals surface area contributed by atoms with Crippen LogP contribution in [0.15, 0.2) is 47.0 Å². The van der Waals surface area contributed by atoms with E-state index in [1.165, 1.54) is 36.5 Å². The third-order valence-electron chi connectivity index (χ3n) is 4.35. The molecule has 0 saturated carbocycles. The number of hydrogen-bond donors (Lipinski definition) is 2. The van der Waals surface area contributed by atoms with Crippen LogP contribution in [0.25, 0.3) is 0 Å². The van der Waals surface area contributed by atoms with Gasteiger partial charge in [-0.15, -0.1) is 11.3 Å². The molecule has 0 radical (unpaired) electrons. The monoisotopic (exact) mass is 389 g/mol. The summed E-state index contributed by atoms with van der Waals surface area (Å²) in [5.41, 5.74) is 0.477. The van der Waals surface area contributed by atoms with Crippen LogP contribution in [-0.4, -0.2) is 54.2 Å². The van der Waals surface area contributed by atoms with Crippen LogP contribution in [-0.2, 0) is 9.53 Å². The van der Waals surface area contributed by atoms with E-state index in [9.17, 15) is 19.8 Å². The SMILES string of the molecule is COCCN1C(=O)C(O)=C(C(=O)c2cccs2)C1c1ccc(OC)c(O)c1. The summed E-state index contributed by atoms with van der Waals surface area (Å²) in [5, 5.41) is 22.3. The second-order valence-electron chi connectivity index (χ2n) is 5.89. The average molecular weight is 389 g/mol. The van der Waals surface area contributed by atoms with Crippen molar-refractivity contribution in [3.05, 3.63) is 57.5 Å². The number of carbonyl (C=O) groups excluding carboxylic acids is 2. The van der Waals surface area contributed by atoms with E-state index < -0.39 is 23.5 Å². The van der Waals surface area contributed by atoms with Crippen molar-refractivity contribution in [2.24, 2.45) is 0 Å². The van der Waals surface area contributed by atoms with Gasteiger partial charge in [-0.2, -0.15) is 0 Å². The largest absolute Gasteiger partial charge is 0.504 e. The smallest absolute Gasteiger partial charge is 0.290 e. The zero-order valence-electron chi connectivity index (χ0n) is 14.8. The number of nitrogens with zero attached hydrogens (tertiary/aromatic N) is 1. The second kappa shape index (κ2) is 7.81. The highest BCUT2D eigenvalue weighted by Crippen LogP contribution is 2.41. The van der Waals surface area contributed by atoms with E-state index in [0.29, 0.717) is 10.4 Å². The van der Waals surface area contributed by atoms with Gasteiger partial charge in [0.05, 0.1) is 30.2 Å². The quantitative estimate of drug-likeness (QED) is 0.707. The van der Waals surface area contributed by atoms with E-state index in [4.69, 9.17) is 9.47 Å². The van der Waals surface area contributed by atoms with Crippen molar-refractivity contribution in [2.45, 2.75) is 6.04 Å². The number of aliphatic hydroxyl groups is 1. The molecule has 8 heteroatoms. The van der Waals surface area contributed by atoms with Gasteiger partial charge in [0.25, 0.3) is 5.91 Å². The molecule has 2 aromatic rings. The zero-order valence-corrected chi connectivity index (χ0v) is 15.7. The van der Waals surface area contributed by atoms with Crippen LogP contribution in [0.3, 0.4) is 0 Å². The highest BCUT2D eigenvalue weighted by atomic mass is 32.1. The number of hydrogen-bond acceptors (Lipinski definition) is 7. The Balaban J connectivity index is 2.09. The fourth-order valence-corrected chi connectivity index (χ4v) is 3.75. The minimum absolute atomic E-state index is 0.0110. The number of ketones is 1. The molecule has 1 amide bonds. The van der Waals surface area contributed by atoms with Crippen molar-refractivity contribution in [3.8, 4) is 11.5 Å². The van der Waals surface area contributed by atoms with E-state index in [2.05, 4.69) is 0 Å². The third-order valence-corrected chi connectivity index (χ3v) is 5.22. The van der Waals surface area contributed by atoms with Crippen molar-refractivity contribution in [2.75, 3.05) is 27.4 Å². The standard InChI is InChI=1S/C19H19NO6S/c1-25-8-7-20-16(11-5-6-13(26-2)12(21)10-11)15(18(23)19(20)24)17(22)14-4-3-9-27-14/h3-6,9-10,16,21,23H,7-8H2,1-2H3. The molecule has 142 valence electrons. The molecule has 1 aliphatic heterocycles. The highest BCUT2D eigenvalue weighted by Gasteiger charge is 2.44. The lowest BCUT2D eigenvalue weighted by atomic mass is 9.95. The van der Waals surface area contributed by atoms with Crippen LogP contribution in [0.1, 0.15) is 21.3 Å². The molecule has 0 saturated heterocycles. The van der Waals surface area contributed by atoms with E-state index in [1.807, 2.05) is 0 Å². The molecule has 1 aromatic heterocycles. The first-order valence-corrected chi connectivity index (χ1v) is 9.05. The third kappa shape index (κ3) is 3.41. The number of methoxy groups -OCH3 is 2. The average Bonchev–Trinajstić information content (AvgIpc) is 3.28. The number of Topliss-reactive ketones (excluding diaryl/α,β-unsaturated/α-hetero) is 1. The van der Waals surface area contributed by atoms with Crippen molar-refractivity contribution in [3.63, 3.8) is 0 Å². The van der Waals surface area contributed by atoms with Crippen molar-refractivity contribution in [1.82, 2.24) is 4.90 Å². The van der Waals surface area contributed by atoms with Gasteiger partial charge < -0.3 is 24.6 Å². The molecule has 0 aliphatic carbocycles. The normalized spacial score (nSPS) is 16.9. The van der Waals surface area contributed by atoms with E-state index >= 15 is 0 Å². The lowest BCUT2D eigenvalue weighted by molar-refractivity contribution is -0.130. The molecular weight excluding hydrogens is 370 g/mol. The fourth-order valence-electron chi connectivity index (χ4n) is 3.07. The number of phenols is 1. The van der Waals surface area contributed by atoms with Gasteiger partial charge in [0.1, 0.15) is 0 Å². The first-order valence-electron chi connectivity index (χ1n) is 8.17. The van der Waals surface area contributed by atoms with Gasteiger partial charge in [-0.05, 0) is 29.1 Å². The van der Waals surface area contributed by atoms with E-state index in [0.717, 1.165) is 0 Å². The first kappa shape index (κ1) is 18.9. The van der Waals surface area contributed by atoms with Gasteiger partial charge in [-0.25, -0.2) is 0 Å². The number of rotatable bonds is 7. The number of amides is 1.